The van der Waals surface area contributed by atoms with Crippen LogP contribution in [-0.4, -0.2) is 75.0 Å². The third-order valence-corrected chi connectivity index (χ3v) is 7.89. The first-order valence-electron chi connectivity index (χ1n) is 12.3. The van der Waals surface area contributed by atoms with Crippen molar-refractivity contribution in [1.29, 1.82) is 5.26 Å². The van der Waals surface area contributed by atoms with Crippen molar-refractivity contribution in [2.75, 3.05) is 6.61 Å². The summed E-state index contributed by atoms with van der Waals surface area (Å²) in [5.74, 6) is -0.432. The summed E-state index contributed by atoms with van der Waals surface area (Å²) in [6.45, 7) is 3.00. The van der Waals surface area contributed by atoms with Crippen molar-refractivity contribution in [1.82, 2.24) is 34.7 Å². The van der Waals surface area contributed by atoms with E-state index in [0.29, 0.717) is 16.8 Å². The van der Waals surface area contributed by atoms with Gasteiger partial charge in [0.1, 0.15) is 54.4 Å². The van der Waals surface area contributed by atoms with E-state index >= 15 is 0 Å². The van der Waals surface area contributed by atoms with Gasteiger partial charge >= 0.3 is 0 Å². The van der Waals surface area contributed by atoms with Crippen molar-refractivity contribution in [2.45, 2.75) is 44.3 Å². The van der Waals surface area contributed by atoms with Gasteiger partial charge in [-0.2, -0.15) is 10.4 Å². The van der Waals surface area contributed by atoms with Gasteiger partial charge in [0.25, 0.3) is 0 Å². The van der Waals surface area contributed by atoms with Crippen LogP contribution in [0.25, 0.3) is 27.2 Å². The molecule has 14 heteroatoms. The molecule has 3 aromatic heterocycles. The summed E-state index contributed by atoms with van der Waals surface area (Å²) in [7, 11) is 0. The summed E-state index contributed by atoms with van der Waals surface area (Å²) in [5.41, 5.74) is 2.54. The molecule has 1 aliphatic rings. The van der Waals surface area contributed by atoms with Crippen LogP contribution in [0.3, 0.4) is 0 Å². The third kappa shape index (κ3) is 4.34. The average Bonchev–Trinajstić information content (AvgIpc) is 3.68. The molecule has 1 saturated heterocycles. The van der Waals surface area contributed by atoms with Gasteiger partial charge in [-0.1, -0.05) is 5.21 Å². The van der Waals surface area contributed by atoms with Gasteiger partial charge in [0.2, 0.25) is 0 Å². The van der Waals surface area contributed by atoms with Crippen molar-refractivity contribution in [2.24, 2.45) is 0 Å². The molecule has 5 atom stereocenters. The Balaban J connectivity index is 1.36. The highest BCUT2D eigenvalue weighted by Crippen LogP contribution is 2.38. The Labute approximate surface area is 230 Å². The first kappa shape index (κ1) is 26.1. The maximum Gasteiger partial charge on any atom is 0.163 e. The molecule has 1 fully saturated rings. The van der Waals surface area contributed by atoms with Crippen LogP contribution in [0.1, 0.15) is 34.1 Å². The van der Waals surface area contributed by atoms with Crippen LogP contribution in [0.4, 0.5) is 4.39 Å². The van der Waals surface area contributed by atoms with E-state index in [-0.39, 0.29) is 17.1 Å². The number of nitriles is 1. The molecule has 0 saturated carbocycles. The molecule has 0 radical (unpaired) electrons. The van der Waals surface area contributed by atoms with Crippen molar-refractivity contribution in [3.8, 4) is 23.0 Å². The van der Waals surface area contributed by atoms with E-state index in [4.69, 9.17) is 10.00 Å². The molecule has 0 amide bonds. The summed E-state index contributed by atoms with van der Waals surface area (Å²) >= 11 is 1.53. The molecule has 0 aliphatic carbocycles. The van der Waals surface area contributed by atoms with Gasteiger partial charge in [-0.3, -0.25) is 0 Å². The van der Waals surface area contributed by atoms with Crippen LogP contribution >= 0.6 is 11.3 Å². The number of rotatable bonds is 5. The molecule has 6 rings (SSSR count). The van der Waals surface area contributed by atoms with Crippen LogP contribution in [-0.2, 0) is 4.74 Å². The molecule has 12 nitrogen and oxygen atoms in total. The predicted octanol–water partition coefficient (Wildman–Crippen LogP) is 2.16. The molecular formula is C26H23FN8O4S. The molecule has 5 aromatic rings. The van der Waals surface area contributed by atoms with Crippen LogP contribution in [0, 0.1) is 31.0 Å². The smallest absolute Gasteiger partial charge is 0.163 e. The maximum atomic E-state index is 14.4. The Bertz CT molecular complexity index is 1740. The fourth-order valence-corrected chi connectivity index (χ4v) is 5.88. The second-order valence-corrected chi connectivity index (χ2v) is 10.7. The van der Waals surface area contributed by atoms with E-state index in [1.165, 1.54) is 39.3 Å². The van der Waals surface area contributed by atoms with Crippen molar-refractivity contribution in [3.63, 3.8) is 0 Å². The minimum absolute atomic E-state index is 0.0613. The highest BCUT2D eigenvalue weighted by atomic mass is 32.1. The number of aliphatic hydroxyl groups is 3. The highest BCUT2D eigenvalue weighted by Gasteiger charge is 2.48. The predicted molar refractivity (Wildman–Crippen MR) is 140 cm³/mol. The lowest BCUT2D eigenvalue weighted by molar-refractivity contribution is -0.210. The number of nitrogens with zero attached hydrogens (tertiary/aromatic N) is 8. The molecule has 3 N–H and O–H groups in total. The summed E-state index contributed by atoms with van der Waals surface area (Å²) in [6.07, 6.45) is -2.15. The largest absolute Gasteiger partial charge is 0.394 e. The van der Waals surface area contributed by atoms with Crippen LogP contribution in [0.15, 0.2) is 42.9 Å². The third-order valence-electron chi connectivity index (χ3n) is 6.96. The normalized spacial score (nSPS) is 23.0. The summed E-state index contributed by atoms with van der Waals surface area (Å²) < 4.78 is 24.1. The number of fused-ring (bicyclic) bond motifs is 1. The Morgan fingerprint density at radius 2 is 2.00 bits per heavy atom. The van der Waals surface area contributed by atoms with Crippen LogP contribution in [0.2, 0.25) is 0 Å². The standard InChI is InChI=1S/C26H23FN8O4S/c1-12-5-14(6-17(27)16(12)8-28)19-9-34(33-32-19)22-23(37)20(10-36)39-25(24(22)38)26-29-11-30-35(26)15-3-4-18-21(7-15)40-13(2)31-18/h3-7,9,11,20,22-25,36-38H,10H2,1-2H3/t20-,22+,23+,24-,25-/m1/s1. The number of thiazole rings is 1. The molecule has 1 aliphatic heterocycles. The average molecular weight is 563 g/mol. The quantitative estimate of drug-likeness (QED) is 0.289. The fourth-order valence-electron chi connectivity index (χ4n) is 5.02. The minimum atomic E-state index is -1.39. The summed E-state index contributed by atoms with van der Waals surface area (Å²) in [6, 6.07) is 9.12. The zero-order chi connectivity index (χ0) is 28.1. The number of hydrogen-bond donors (Lipinski definition) is 3. The Morgan fingerprint density at radius 3 is 2.75 bits per heavy atom. The molecular weight excluding hydrogens is 539 g/mol. The topological polar surface area (TPSA) is 168 Å². The van der Waals surface area contributed by atoms with Crippen molar-refractivity contribution in [3.05, 3.63) is 70.6 Å². The van der Waals surface area contributed by atoms with Crippen molar-refractivity contribution < 1.29 is 24.4 Å². The van der Waals surface area contributed by atoms with Gasteiger partial charge in [-0.05, 0) is 49.7 Å². The molecule has 0 spiro atoms. The number of aliphatic hydroxyl groups excluding tert-OH is 3. The van der Waals surface area contributed by atoms with E-state index in [1.807, 2.05) is 31.2 Å². The highest BCUT2D eigenvalue weighted by molar-refractivity contribution is 7.18. The van der Waals surface area contributed by atoms with Gasteiger partial charge in [0.15, 0.2) is 5.82 Å². The van der Waals surface area contributed by atoms with Crippen LogP contribution in [0.5, 0.6) is 0 Å². The van der Waals surface area contributed by atoms with Gasteiger partial charge in [-0.15, -0.1) is 16.4 Å². The lowest BCUT2D eigenvalue weighted by Gasteiger charge is -2.41. The zero-order valence-corrected chi connectivity index (χ0v) is 22.1. The molecule has 2 aromatic carbocycles. The second kappa shape index (κ2) is 10.1. The number of ether oxygens (including phenoxy) is 1. The van der Waals surface area contributed by atoms with Gasteiger partial charge < -0.3 is 20.1 Å². The Kier molecular flexibility index (Phi) is 6.61. The Hall–Kier alpha value is -4.13. The molecule has 0 unspecified atom stereocenters. The van der Waals surface area contributed by atoms with Gasteiger partial charge in [0, 0.05) is 5.56 Å². The first-order chi connectivity index (χ1) is 19.3. The monoisotopic (exact) mass is 562 g/mol. The van der Waals surface area contributed by atoms with E-state index in [9.17, 15) is 19.7 Å². The molecule has 204 valence electrons. The summed E-state index contributed by atoms with van der Waals surface area (Å²) in [4.78, 5) is 8.82. The first-order valence-corrected chi connectivity index (χ1v) is 13.1. The summed E-state index contributed by atoms with van der Waals surface area (Å²) in [5, 5.41) is 55.1. The van der Waals surface area contributed by atoms with Gasteiger partial charge in [0.05, 0.1) is 39.3 Å². The van der Waals surface area contributed by atoms with Gasteiger partial charge in [-0.25, -0.2) is 23.7 Å². The molecule has 0 bridgehead atoms. The minimum Gasteiger partial charge on any atom is -0.394 e. The lowest BCUT2D eigenvalue weighted by Crippen LogP contribution is -2.53. The van der Waals surface area contributed by atoms with Crippen molar-refractivity contribution >= 4 is 21.6 Å². The van der Waals surface area contributed by atoms with E-state index in [2.05, 4.69) is 25.4 Å². The lowest BCUT2D eigenvalue weighted by atomic mass is 9.92. The molecule has 4 heterocycles. The SMILES string of the molecule is Cc1nc2ccc(-n3ncnc3[C@@H]3O[C@H](CO)[C@H](O)[C@H](n4cc(-c5cc(C)c(C#N)c(F)c5)nn4)[C@H]3O)cc2s1. The number of aryl methyl sites for hydroxylation is 2. The van der Waals surface area contributed by atoms with Crippen LogP contribution < -0.4 is 0 Å². The molecule has 40 heavy (non-hydrogen) atoms. The fraction of sp³-hybridized carbons (Fsp3) is 0.308. The van der Waals surface area contributed by atoms with E-state index in [1.54, 1.807) is 13.0 Å². The number of aromatic nitrogens is 7. The number of halogens is 1. The van der Waals surface area contributed by atoms with E-state index in [0.717, 1.165) is 15.2 Å². The second-order valence-electron chi connectivity index (χ2n) is 9.51. The van der Waals surface area contributed by atoms with E-state index < -0.39 is 42.9 Å². The Morgan fingerprint density at radius 1 is 1.18 bits per heavy atom. The number of benzene rings is 2. The maximum absolute atomic E-state index is 14.4. The number of hydrogen-bond acceptors (Lipinski definition) is 11. The zero-order valence-electron chi connectivity index (χ0n) is 21.2.